The minimum absolute atomic E-state index is 0.210. The Morgan fingerprint density at radius 1 is 1.36 bits per heavy atom. The van der Waals surface area contributed by atoms with Gasteiger partial charge in [0.2, 0.25) is 15.9 Å². The van der Waals surface area contributed by atoms with E-state index in [1.54, 1.807) is 0 Å². The highest BCUT2D eigenvalue weighted by Crippen LogP contribution is 2.13. The number of carbonyl (C=O) groups excluding carboxylic acids is 1. The number of halogens is 1. The van der Waals surface area contributed by atoms with Gasteiger partial charge in [-0.15, -0.1) is 0 Å². The Morgan fingerprint density at radius 3 is 2.55 bits per heavy atom. The Bertz CT molecular complexity index is 607. The molecule has 0 radical (unpaired) electrons. The fourth-order valence-corrected chi connectivity index (χ4v) is 3.08. The Morgan fingerprint density at radius 2 is 2.00 bits per heavy atom. The Labute approximate surface area is 130 Å². The third kappa shape index (κ3) is 5.04. The van der Waals surface area contributed by atoms with Crippen LogP contribution < -0.4 is 10.0 Å². The average Bonchev–Trinajstić information content (AvgIpc) is 2.46. The van der Waals surface area contributed by atoms with E-state index in [9.17, 15) is 17.6 Å². The average molecular weight is 332 g/mol. The molecule has 1 aromatic carbocycles. The molecule has 2 N–H and O–H groups in total. The molecule has 22 heavy (non-hydrogen) atoms. The van der Waals surface area contributed by atoms with Crippen molar-refractivity contribution >= 4 is 15.9 Å². The van der Waals surface area contributed by atoms with Crippen molar-refractivity contribution in [1.29, 1.82) is 0 Å². The maximum absolute atomic E-state index is 13.6. The van der Waals surface area contributed by atoms with Gasteiger partial charge in [-0.3, -0.25) is 4.79 Å². The zero-order valence-electron chi connectivity index (χ0n) is 12.8. The van der Waals surface area contributed by atoms with Crippen LogP contribution in [-0.4, -0.2) is 40.1 Å². The molecule has 1 rings (SSSR count). The van der Waals surface area contributed by atoms with Crippen LogP contribution in [0, 0.1) is 5.82 Å². The molecular weight excluding hydrogens is 311 g/mol. The van der Waals surface area contributed by atoms with Crippen molar-refractivity contribution in [3.8, 4) is 0 Å². The minimum atomic E-state index is -4.11. The maximum Gasteiger partial charge on any atom is 0.244 e. The van der Waals surface area contributed by atoms with Gasteiger partial charge in [0.25, 0.3) is 0 Å². The van der Waals surface area contributed by atoms with Crippen molar-refractivity contribution in [3.63, 3.8) is 0 Å². The lowest BCUT2D eigenvalue weighted by atomic mass is 10.2. The molecule has 0 bridgehead atoms. The van der Waals surface area contributed by atoms with E-state index in [-0.39, 0.29) is 6.04 Å². The summed E-state index contributed by atoms with van der Waals surface area (Å²) in [5, 5.41) is 2.67. The quantitative estimate of drug-likeness (QED) is 0.745. The van der Waals surface area contributed by atoms with Gasteiger partial charge < -0.3 is 10.1 Å². The summed E-state index contributed by atoms with van der Waals surface area (Å²) in [6.45, 7) is 3.60. The highest BCUT2D eigenvalue weighted by Gasteiger charge is 2.25. The van der Waals surface area contributed by atoms with Crippen molar-refractivity contribution in [2.45, 2.75) is 37.2 Å². The number of nitrogens with one attached hydrogen (secondary N) is 2. The summed E-state index contributed by atoms with van der Waals surface area (Å²) in [5.74, 6) is -1.36. The summed E-state index contributed by atoms with van der Waals surface area (Å²) >= 11 is 0. The largest absolute Gasteiger partial charge is 0.383 e. The van der Waals surface area contributed by atoms with E-state index in [0.29, 0.717) is 13.0 Å². The fraction of sp³-hybridized carbons (Fsp3) is 0.500. The minimum Gasteiger partial charge on any atom is -0.383 e. The van der Waals surface area contributed by atoms with Crippen LogP contribution in [0.4, 0.5) is 4.39 Å². The summed E-state index contributed by atoms with van der Waals surface area (Å²) in [7, 11) is -2.59. The van der Waals surface area contributed by atoms with Gasteiger partial charge in [0, 0.05) is 7.11 Å². The Kier molecular flexibility index (Phi) is 6.92. The molecule has 1 amide bonds. The molecule has 8 heteroatoms. The molecule has 0 aliphatic carbocycles. The summed E-state index contributed by atoms with van der Waals surface area (Å²) < 4.78 is 44.9. The number of hydrogen-bond donors (Lipinski definition) is 2. The molecular formula is C14H21FN2O4S. The number of ether oxygens (including phenoxy) is 1. The SMILES string of the molecule is CCC(COC)NC(=O)[C@H](C)NS(=O)(=O)c1ccccc1F. The van der Waals surface area contributed by atoms with Crippen molar-refractivity contribution in [2.24, 2.45) is 0 Å². The second-order valence-electron chi connectivity index (χ2n) is 4.84. The molecule has 2 atom stereocenters. The normalized spacial score (nSPS) is 14.4. The molecule has 0 fully saturated rings. The highest BCUT2D eigenvalue weighted by molar-refractivity contribution is 7.89. The van der Waals surface area contributed by atoms with Crippen LogP contribution in [0.3, 0.4) is 0 Å². The molecule has 0 aliphatic rings. The first kappa shape index (κ1) is 18.5. The molecule has 0 aromatic heterocycles. The summed E-state index contributed by atoms with van der Waals surface area (Å²) in [4.78, 5) is 11.5. The maximum atomic E-state index is 13.6. The standard InChI is InChI=1S/C14H21FN2O4S/c1-4-11(9-21-3)16-14(18)10(2)17-22(19,20)13-8-6-5-7-12(13)15/h5-8,10-11,17H,4,9H2,1-3H3,(H,16,18)/t10-,11?/m0/s1. The topological polar surface area (TPSA) is 84.5 Å². The van der Waals surface area contributed by atoms with Gasteiger partial charge in [-0.25, -0.2) is 12.8 Å². The van der Waals surface area contributed by atoms with Crippen LogP contribution >= 0.6 is 0 Å². The number of hydrogen-bond acceptors (Lipinski definition) is 4. The second-order valence-corrected chi connectivity index (χ2v) is 6.52. The zero-order valence-corrected chi connectivity index (χ0v) is 13.6. The predicted molar refractivity (Wildman–Crippen MR) is 80.3 cm³/mol. The van der Waals surface area contributed by atoms with Crippen LogP contribution in [0.2, 0.25) is 0 Å². The first-order chi connectivity index (χ1) is 10.3. The molecule has 0 aliphatic heterocycles. The number of carbonyl (C=O) groups is 1. The van der Waals surface area contributed by atoms with Crippen molar-refractivity contribution in [3.05, 3.63) is 30.1 Å². The molecule has 0 saturated heterocycles. The van der Waals surface area contributed by atoms with Gasteiger partial charge in [0.05, 0.1) is 18.7 Å². The number of benzene rings is 1. The molecule has 1 aromatic rings. The lowest BCUT2D eigenvalue weighted by Crippen LogP contribution is -2.49. The summed E-state index contributed by atoms with van der Waals surface area (Å²) in [6.07, 6.45) is 0.645. The highest BCUT2D eigenvalue weighted by atomic mass is 32.2. The molecule has 0 heterocycles. The summed E-state index contributed by atoms with van der Waals surface area (Å²) in [5.41, 5.74) is 0. The molecule has 0 saturated carbocycles. The van der Waals surface area contributed by atoms with E-state index in [4.69, 9.17) is 4.74 Å². The van der Waals surface area contributed by atoms with Gasteiger partial charge in [0.1, 0.15) is 10.7 Å². The Balaban J connectivity index is 2.77. The third-order valence-corrected chi connectivity index (χ3v) is 4.63. The zero-order chi connectivity index (χ0) is 16.8. The molecule has 6 nitrogen and oxygen atoms in total. The molecule has 1 unspecified atom stereocenters. The van der Waals surface area contributed by atoms with Crippen molar-refractivity contribution in [2.75, 3.05) is 13.7 Å². The van der Waals surface area contributed by atoms with E-state index in [2.05, 4.69) is 10.0 Å². The van der Waals surface area contributed by atoms with E-state index in [1.807, 2.05) is 6.92 Å². The van der Waals surface area contributed by atoms with E-state index in [1.165, 1.54) is 26.2 Å². The van der Waals surface area contributed by atoms with E-state index in [0.717, 1.165) is 12.1 Å². The second kappa shape index (κ2) is 8.21. The number of amides is 1. The van der Waals surface area contributed by atoms with Gasteiger partial charge in [-0.05, 0) is 25.5 Å². The summed E-state index contributed by atoms with van der Waals surface area (Å²) in [6, 6.07) is 3.75. The number of methoxy groups -OCH3 is 1. The Hall–Kier alpha value is -1.51. The number of sulfonamides is 1. The van der Waals surface area contributed by atoms with Gasteiger partial charge in [-0.2, -0.15) is 4.72 Å². The monoisotopic (exact) mass is 332 g/mol. The van der Waals surface area contributed by atoms with Crippen molar-refractivity contribution in [1.82, 2.24) is 10.0 Å². The van der Waals surface area contributed by atoms with Crippen LogP contribution in [0.15, 0.2) is 29.2 Å². The molecule has 0 spiro atoms. The number of rotatable bonds is 8. The smallest absolute Gasteiger partial charge is 0.244 e. The predicted octanol–water partition coefficient (Wildman–Crippen LogP) is 1.03. The van der Waals surface area contributed by atoms with E-state index >= 15 is 0 Å². The van der Waals surface area contributed by atoms with Gasteiger partial charge in [0.15, 0.2) is 0 Å². The van der Waals surface area contributed by atoms with E-state index < -0.39 is 32.7 Å². The van der Waals surface area contributed by atoms with Crippen LogP contribution in [0.5, 0.6) is 0 Å². The first-order valence-electron chi connectivity index (χ1n) is 6.88. The first-order valence-corrected chi connectivity index (χ1v) is 8.36. The van der Waals surface area contributed by atoms with Crippen molar-refractivity contribution < 1.29 is 22.3 Å². The fourth-order valence-electron chi connectivity index (χ4n) is 1.80. The lowest BCUT2D eigenvalue weighted by molar-refractivity contribution is -0.123. The third-order valence-electron chi connectivity index (χ3n) is 3.06. The van der Waals surface area contributed by atoms with Crippen LogP contribution in [-0.2, 0) is 19.6 Å². The van der Waals surface area contributed by atoms with Crippen LogP contribution in [0.25, 0.3) is 0 Å². The van der Waals surface area contributed by atoms with Crippen LogP contribution in [0.1, 0.15) is 20.3 Å². The molecule has 124 valence electrons. The lowest BCUT2D eigenvalue weighted by Gasteiger charge is -2.20. The van der Waals surface area contributed by atoms with Gasteiger partial charge >= 0.3 is 0 Å². The van der Waals surface area contributed by atoms with Gasteiger partial charge in [-0.1, -0.05) is 19.1 Å².